The van der Waals surface area contributed by atoms with Gasteiger partial charge in [-0.25, -0.2) is 9.97 Å². The Kier molecular flexibility index (Phi) is 4.58. The molecule has 2 amide bonds. The van der Waals surface area contributed by atoms with Gasteiger partial charge in [-0.05, 0) is 30.5 Å². The number of fused-ring (bicyclic) bond motifs is 1. The monoisotopic (exact) mass is 363 g/mol. The zero-order valence-electron chi connectivity index (χ0n) is 15.1. The molecule has 0 radical (unpaired) electrons. The number of nitrogens with zero attached hydrogens (tertiary/aromatic N) is 3. The molecule has 7 heteroatoms. The molecule has 27 heavy (non-hydrogen) atoms. The molecule has 0 saturated heterocycles. The van der Waals surface area contributed by atoms with Gasteiger partial charge in [0.15, 0.2) is 0 Å². The van der Waals surface area contributed by atoms with Crippen molar-refractivity contribution < 1.29 is 9.59 Å². The summed E-state index contributed by atoms with van der Waals surface area (Å²) in [6.07, 6.45) is 6.73. The largest absolute Gasteiger partial charge is 0.355 e. The summed E-state index contributed by atoms with van der Waals surface area (Å²) in [6, 6.07) is 9.36. The van der Waals surface area contributed by atoms with Crippen molar-refractivity contribution in [3.63, 3.8) is 0 Å². The third-order valence-corrected chi connectivity index (χ3v) is 4.80. The van der Waals surface area contributed by atoms with Gasteiger partial charge in [0.05, 0.1) is 5.69 Å². The maximum absolute atomic E-state index is 12.0. The summed E-state index contributed by atoms with van der Waals surface area (Å²) in [4.78, 5) is 32.5. The summed E-state index contributed by atoms with van der Waals surface area (Å²) in [5.74, 6) is 1.19. The standard InChI is InChI=1S/C20H21N5O2/c1-13-11-16(13)19(27)21-9-7-18(26)23-15-5-3-14(4-6-15)17-12-25-10-2-8-22-20(25)24-17/h2-6,8,10,12-13,16H,7,9,11H2,1H3,(H,21,27)(H,23,26)/t13-,16+/m1/s1. The van der Waals surface area contributed by atoms with E-state index < -0.39 is 0 Å². The van der Waals surface area contributed by atoms with Crippen molar-refractivity contribution in [2.75, 3.05) is 11.9 Å². The second-order valence-electron chi connectivity index (χ2n) is 6.94. The highest BCUT2D eigenvalue weighted by Crippen LogP contribution is 2.37. The number of imidazole rings is 1. The number of hydrogen-bond acceptors (Lipinski definition) is 4. The van der Waals surface area contributed by atoms with E-state index in [1.807, 2.05) is 47.1 Å². The molecule has 0 aliphatic heterocycles. The number of rotatable bonds is 6. The smallest absolute Gasteiger partial charge is 0.234 e. The molecule has 7 nitrogen and oxygen atoms in total. The molecular formula is C20H21N5O2. The van der Waals surface area contributed by atoms with Gasteiger partial charge >= 0.3 is 0 Å². The molecule has 2 heterocycles. The Labute approximate surface area is 156 Å². The minimum Gasteiger partial charge on any atom is -0.355 e. The lowest BCUT2D eigenvalue weighted by Gasteiger charge is -2.07. The summed E-state index contributed by atoms with van der Waals surface area (Å²) < 4.78 is 1.86. The van der Waals surface area contributed by atoms with Gasteiger partial charge < -0.3 is 10.6 Å². The Morgan fingerprint density at radius 3 is 2.74 bits per heavy atom. The summed E-state index contributed by atoms with van der Waals surface area (Å²) in [7, 11) is 0. The molecular weight excluding hydrogens is 342 g/mol. The summed E-state index contributed by atoms with van der Waals surface area (Å²) >= 11 is 0. The Bertz CT molecular complexity index is 946. The predicted octanol–water partition coefficient (Wildman–Crippen LogP) is 2.50. The van der Waals surface area contributed by atoms with Crippen LogP contribution in [0.1, 0.15) is 19.8 Å². The van der Waals surface area contributed by atoms with E-state index >= 15 is 0 Å². The van der Waals surface area contributed by atoms with Crippen LogP contribution >= 0.6 is 0 Å². The average Bonchev–Trinajstić information content (AvgIpc) is 3.24. The number of amides is 2. The molecule has 1 saturated carbocycles. The quantitative estimate of drug-likeness (QED) is 0.704. The van der Waals surface area contributed by atoms with Gasteiger partial charge in [0, 0.05) is 48.7 Å². The third kappa shape index (κ3) is 3.97. The predicted molar refractivity (Wildman–Crippen MR) is 102 cm³/mol. The van der Waals surface area contributed by atoms with Gasteiger partial charge in [-0.1, -0.05) is 19.1 Å². The maximum atomic E-state index is 12.0. The highest BCUT2D eigenvalue weighted by Gasteiger charge is 2.38. The van der Waals surface area contributed by atoms with E-state index in [1.54, 1.807) is 6.20 Å². The first-order chi connectivity index (χ1) is 13.1. The number of carbonyl (C=O) groups excluding carboxylic acids is 2. The lowest BCUT2D eigenvalue weighted by atomic mass is 10.1. The molecule has 0 unspecified atom stereocenters. The van der Waals surface area contributed by atoms with Crippen LogP contribution < -0.4 is 10.6 Å². The average molecular weight is 363 g/mol. The van der Waals surface area contributed by atoms with Gasteiger partial charge in [-0.15, -0.1) is 0 Å². The fraction of sp³-hybridized carbons (Fsp3) is 0.300. The SMILES string of the molecule is C[C@@H]1C[C@@H]1C(=O)NCCC(=O)Nc1ccc(-c2cn3cccnc3n2)cc1. The Balaban J connectivity index is 1.30. The first-order valence-electron chi connectivity index (χ1n) is 9.08. The minimum atomic E-state index is -0.121. The topological polar surface area (TPSA) is 88.4 Å². The van der Waals surface area contributed by atoms with E-state index in [4.69, 9.17) is 0 Å². The molecule has 3 aromatic rings. The van der Waals surface area contributed by atoms with E-state index in [0.29, 0.717) is 23.9 Å². The second kappa shape index (κ2) is 7.19. The van der Waals surface area contributed by atoms with Crippen molar-refractivity contribution in [1.29, 1.82) is 0 Å². The van der Waals surface area contributed by atoms with E-state index in [0.717, 1.165) is 17.7 Å². The van der Waals surface area contributed by atoms with Crippen LogP contribution in [0.15, 0.2) is 48.9 Å². The van der Waals surface area contributed by atoms with E-state index in [1.165, 1.54) is 0 Å². The van der Waals surface area contributed by atoms with Crippen LogP contribution in [0.4, 0.5) is 5.69 Å². The van der Waals surface area contributed by atoms with Crippen LogP contribution in [0.5, 0.6) is 0 Å². The molecule has 1 aliphatic carbocycles. The van der Waals surface area contributed by atoms with E-state index in [9.17, 15) is 9.59 Å². The van der Waals surface area contributed by atoms with Crippen molar-refractivity contribution in [3.05, 3.63) is 48.9 Å². The molecule has 138 valence electrons. The first-order valence-corrected chi connectivity index (χ1v) is 9.08. The first kappa shape index (κ1) is 17.2. The molecule has 2 atom stereocenters. The normalized spacial score (nSPS) is 18.3. The van der Waals surface area contributed by atoms with Crippen molar-refractivity contribution in [2.45, 2.75) is 19.8 Å². The summed E-state index contributed by atoms with van der Waals surface area (Å²) in [6.45, 7) is 2.42. The Hall–Kier alpha value is -3.22. The van der Waals surface area contributed by atoms with Gasteiger partial charge in [0.25, 0.3) is 0 Å². The van der Waals surface area contributed by atoms with E-state index in [2.05, 4.69) is 27.5 Å². The number of nitrogens with one attached hydrogen (secondary N) is 2. The van der Waals surface area contributed by atoms with E-state index in [-0.39, 0.29) is 24.2 Å². The Morgan fingerprint density at radius 2 is 2.04 bits per heavy atom. The molecule has 2 aromatic heterocycles. The van der Waals surface area contributed by atoms with Crippen molar-refractivity contribution in [1.82, 2.24) is 19.7 Å². The lowest BCUT2D eigenvalue weighted by molar-refractivity contribution is -0.122. The molecule has 0 spiro atoms. The maximum Gasteiger partial charge on any atom is 0.234 e. The van der Waals surface area contributed by atoms with Crippen LogP contribution in [0.3, 0.4) is 0 Å². The number of benzene rings is 1. The lowest BCUT2D eigenvalue weighted by Crippen LogP contribution is -2.29. The van der Waals surface area contributed by atoms with Crippen molar-refractivity contribution >= 4 is 23.3 Å². The number of carbonyl (C=O) groups is 2. The third-order valence-electron chi connectivity index (χ3n) is 4.80. The summed E-state index contributed by atoms with van der Waals surface area (Å²) in [5.41, 5.74) is 2.49. The van der Waals surface area contributed by atoms with Crippen molar-refractivity contribution in [2.24, 2.45) is 11.8 Å². The van der Waals surface area contributed by atoms with Crippen LogP contribution in [0, 0.1) is 11.8 Å². The highest BCUT2D eigenvalue weighted by atomic mass is 16.2. The zero-order chi connectivity index (χ0) is 18.8. The molecule has 2 N–H and O–H groups in total. The number of anilines is 1. The van der Waals surface area contributed by atoms with Crippen molar-refractivity contribution in [3.8, 4) is 11.3 Å². The fourth-order valence-electron chi connectivity index (χ4n) is 3.03. The number of hydrogen-bond donors (Lipinski definition) is 2. The van der Waals surface area contributed by atoms with Crippen LogP contribution in [0.25, 0.3) is 17.0 Å². The molecule has 1 aliphatic rings. The van der Waals surface area contributed by atoms with Gasteiger partial charge in [-0.3, -0.25) is 14.0 Å². The molecule has 1 aromatic carbocycles. The second-order valence-corrected chi connectivity index (χ2v) is 6.94. The minimum absolute atomic E-state index is 0.0570. The Morgan fingerprint density at radius 1 is 1.26 bits per heavy atom. The molecule has 4 rings (SSSR count). The van der Waals surface area contributed by atoms with Gasteiger partial charge in [-0.2, -0.15) is 0 Å². The van der Waals surface area contributed by atoms with Crippen LogP contribution in [-0.2, 0) is 9.59 Å². The van der Waals surface area contributed by atoms with Gasteiger partial charge in [0.1, 0.15) is 0 Å². The summed E-state index contributed by atoms with van der Waals surface area (Å²) in [5, 5.41) is 5.67. The van der Waals surface area contributed by atoms with Gasteiger partial charge in [0.2, 0.25) is 17.6 Å². The highest BCUT2D eigenvalue weighted by molar-refractivity contribution is 5.91. The fourth-order valence-corrected chi connectivity index (χ4v) is 3.03. The molecule has 1 fully saturated rings. The van der Waals surface area contributed by atoms with Crippen LogP contribution in [0.2, 0.25) is 0 Å². The zero-order valence-corrected chi connectivity index (χ0v) is 15.1. The number of aromatic nitrogens is 3. The van der Waals surface area contributed by atoms with Crippen LogP contribution in [-0.4, -0.2) is 32.7 Å². The molecule has 0 bridgehead atoms.